The van der Waals surface area contributed by atoms with Crippen molar-refractivity contribution in [3.8, 4) is 11.1 Å². The molecule has 21 heavy (non-hydrogen) atoms. The molecule has 1 atom stereocenters. The molecule has 0 spiro atoms. The first-order valence-electron chi connectivity index (χ1n) is 7.32. The predicted octanol–water partition coefficient (Wildman–Crippen LogP) is 3.26. The lowest BCUT2D eigenvalue weighted by Crippen LogP contribution is -2.23. The molecule has 0 aromatic heterocycles. The molecule has 0 aliphatic carbocycles. The smallest absolute Gasteiger partial charge is 0.307 e. The molecule has 0 radical (unpaired) electrons. The van der Waals surface area contributed by atoms with Crippen LogP contribution in [-0.2, 0) is 11.3 Å². The zero-order valence-corrected chi connectivity index (χ0v) is 11.9. The van der Waals surface area contributed by atoms with Gasteiger partial charge in [-0.15, -0.1) is 0 Å². The van der Waals surface area contributed by atoms with E-state index in [2.05, 4.69) is 35.2 Å². The molecule has 0 amide bonds. The first-order chi connectivity index (χ1) is 10.2. The summed E-state index contributed by atoms with van der Waals surface area (Å²) in [6.07, 6.45) is 0.753. The molecule has 3 nitrogen and oxygen atoms in total. The molecule has 2 aromatic carbocycles. The summed E-state index contributed by atoms with van der Waals surface area (Å²) >= 11 is 0. The van der Waals surface area contributed by atoms with Gasteiger partial charge in [-0.3, -0.25) is 9.69 Å². The normalized spacial score (nSPS) is 18.8. The number of carboxylic acid groups (broad SMARTS) is 1. The molecule has 1 N–H and O–H groups in total. The van der Waals surface area contributed by atoms with Crippen molar-refractivity contribution in [3.05, 3.63) is 60.2 Å². The maximum Gasteiger partial charge on any atom is 0.307 e. The molecule has 1 aliphatic rings. The first-order valence-corrected chi connectivity index (χ1v) is 7.32. The number of hydrogen-bond acceptors (Lipinski definition) is 2. The minimum atomic E-state index is -0.672. The van der Waals surface area contributed by atoms with Crippen molar-refractivity contribution in [1.82, 2.24) is 4.90 Å². The maximum atomic E-state index is 11.1. The summed E-state index contributed by atoms with van der Waals surface area (Å²) in [4.78, 5) is 13.3. The highest BCUT2D eigenvalue weighted by Crippen LogP contribution is 2.26. The molecule has 2 aromatic rings. The van der Waals surface area contributed by atoms with Crippen molar-refractivity contribution in [2.75, 3.05) is 13.1 Å². The number of likely N-dealkylation sites (tertiary alicyclic amines) is 1. The van der Waals surface area contributed by atoms with Crippen molar-refractivity contribution in [3.63, 3.8) is 0 Å². The Hall–Kier alpha value is -2.13. The third-order valence-electron chi connectivity index (χ3n) is 4.12. The van der Waals surface area contributed by atoms with Crippen molar-refractivity contribution in [2.45, 2.75) is 13.0 Å². The van der Waals surface area contributed by atoms with E-state index in [1.54, 1.807) is 0 Å². The lowest BCUT2D eigenvalue weighted by atomic mass is 9.99. The number of benzene rings is 2. The Balaban J connectivity index is 1.79. The highest BCUT2D eigenvalue weighted by atomic mass is 16.4. The average molecular weight is 281 g/mol. The van der Waals surface area contributed by atoms with Gasteiger partial charge in [-0.05, 0) is 29.7 Å². The van der Waals surface area contributed by atoms with Crippen LogP contribution >= 0.6 is 0 Å². The zero-order valence-electron chi connectivity index (χ0n) is 11.9. The van der Waals surface area contributed by atoms with Crippen LogP contribution in [0.15, 0.2) is 54.6 Å². The number of rotatable bonds is 4. The molecule has 1 unspecified atom stereocenters. The molecule has 3 rings (SSSR count). The number of hydrogen-bond donors (Lipinski definition) is 1. The molecule has 3 heteroatoms. The van der Waals surface area contributed by atoms with Gasteiger partial charge in [0.1, 0.15) is 0 Å². The van der Waals surface area contributed by atoms with Gasteiger partial charge in [0.25, 0.3) is 0 Å². The minimum absolute atomic E-state index is 0.214. The third-order valence-corrected chi connectivity index (χ3v) is 4.12. The molecule has 1 saturated heterocycles. The maximum absolute atomic E-state index is 11.1. The highest BCUT2D eigenvalue weighted by Gasteiger charge is 2.28. The summed E-state index contributed by atoms with van der Waals surface area (Å²) in [5.74, 6) is -0.886. The summed E-state index contributed by atoms with van der Waals surface area (Å²) in [6.45, 7) is 2.33. The van der Waals surface area contributed by atoms with E-state index in [-0.39, 0.29) is 5.92 Å². The molecular weight excluding hydrogens is 262 g/mol. The fraction of sp³-hybridized carbons (Fsp3) is 0.278. The number of nitrogens with zero attached hydrogens (tertiary/aromatic N) is 1. The van der Waals surface area contributed by atoms with Crippen LogP contribution in [0, 0.1) is 5.92 Å². The number of carbonyl (C=O) groups is 1. The summed E-state index contributed by atoms with van der Waals surface area (Å²) in [5.41, 5.74) is 3.70. The molecule has 1 fully saturated rings. The van der Waals surface area contributed by atoms with Crippen molar-refractivity contribution in [1.29, 1.82) is 0 Å². The van der Waals surface area contributed by atoms with Crippen LogP contribution in [0.4, 0.5) is 0 Å². The van der Waals surface area contributed by atoms with E-state index < -0.39 is 5.97 Å². The van der Waals surface area contributed by atoms with E-state index in [1.165, 1.54) is 16.7 Å². The zero-order chi connectivity index (χ0) is 14.7. The van der Waals surface area contributed by atoms with Crippen molar-refractivity contribution in [2.24, 2.45) is 5.92 Å². The van der Waals surface area contributed by atoms with Crippen LogP contribution in [0.25, 0.3) is 11.1 Å². The van der Waals surface area contributed by atoms with Crippen LogP contribution in [0.3, 0.4) is 0 Å². The Morgan fingerprint density at radius 3 is 2.52 bits per heavy atom. The minimum Gasteiger partial charge on any atom is -0.481 e. The van der Waals surface area contributed by atoms with Crippen molar-refractivity contribution < 1.29 is 9.90 Å². The van der Waals surface area contributed by atoms with E-state index >= 15 is 0 Å². The number of carboxylic acids is 1. The second-order valence-electron chi connectivity index (χ2n) is 5.58. The Kier molecular flexibility index (Phi) is 4.02. The van der Waals surface area contributed by atoms with Gasteiger partial charge in [-0.1, -0.05) is 54.6 Å². The van der Waals surface area contributed by atoms with Crippen LogP contribution < -0.4 is 0 Å². The quantitative estimate of drug-likeness (QED) is 0.935. The standard InChI is InChI=1S/C18H19NO2/c20-18(21)16-10-11-19(13-16)12-15-8-4-5-9-17(15)14-6-2-1-3-7-14/h1-9,16H,10-13H2,(H,20,21). The van der Waals surface area contributed by atoms with Gasteiger partial charge in [0.2, 0.25) is 0 Å². The van der Waals surface area contributed by atoms with Gasteiger partial charge in [-0.2, -0.15) is 0 Å². The van der Waals surface area contributed by atoms with Crippen LogP contribution in [-0.4, -0.2) is 29.1 Å². The average Bonchev–Trinajstić information content (AvgIpc) is 2.98. The van der Waals surface area contributed by atoms with E-state index in [1.807, 2.05) is 24.3 Å². The van der Waals surface area contributed by atoms with Gasteiger partial charge in [-0.25, -0.2) is 0 Å². The Morgan fingerprint density at radius 1 is 1.10 bits per heavy atom. The lowest BCUT2D eigenvalue weighted by Gasteiger charge is -2.18. The van der Waals surface area contributed by atoms with Gasteiger partial charge < -0.3 is 5.11 Å². The highest BCUT2D eigenvalue weighted by molar-refractivity contribution is 5.70. The molecule has 108 valence electrons. The summed E-state index contributed by atoms with van der Waals surface area (Å²) in [7, 11) is 0. The van der Waals surface area contributed by atoms with E-state index in [0.29, 0.717) is 6.54 Å². The fourth-order valence-electron chi connectivity index (χ4n) is 2.98. The fourth-order valence-corrected chi connectivity index (χ4v) is 2.98. The second kappa shape index (κ2) is 6.10. The summed E-state index contributed by atoms with van der Waals surface area (Å²) in [6, 6.07) is 18.7. The molecule has 1 aliphatic heterocycles. The van der Waals surface area contributed by atoms with Crippen LogP contribution in [0.1, 0.15) is 12.0 Å². The Labute approximate surface area is 124 Å². The third kappa shape index (κ3) is 3.14. The van der Waals surface area contributed by atoms with Gasteiger partial charge >= 0.3 is 5.97 Å². The topological polar surface area (TPSA) is 40.5 Å². The first kappa shape index (κ1) is 13.8. The summed E-state index contributed by atoms with van der Waals surface area (Å²) < 4.78 is 0. The van der Waals surface area contributed by atoms with Crippen LogP contribution in [0.2, 0.25) is 0 Å². The predicted molar refractivity (Wildman–Crippen MR) is 82.9 cm³/mol. The molecular formula is C18H19NO2. The van der Waals surface area contributed by atoms with Gasteiger partial charge in [0.15, 0.2) is 0 Å². The lowest BCUT2D eigenvalue weighted by molar-refractivity contribution is -0.141. The summed E-state index contributed by atoms with van der Waals surface area (Å²) in [5, 5.41) is 9.10. The number of aliphatic carboxylic acids is 1. The van der Waals surface area contributed by atoms with Gasteiger partial charge in [0, 0.05) is 13.1 Å². The monoisotopic (exact) mass is 281 g/mol. The molecule has 0 saturated carbocycles. The Bertz CT molecular complexity index is 624. The SMILES string of the molecule is O=C(O)C1CCN(Cc2ccccc2-c2ccccc2)C1. The molecule has 1 heterocycles. The second-order valence-corrected chi connectivity index (χ2v) is 5.58. The van der Waals surface area contributed by atoms with Crippen molar-refractivity contribution >= 4 is 5.97 Å². The largest absolute Gasteiger partial charge is 0.481 e. The molecule has 0 bridgehead atoms. The Morgan fingerprint density at radius 2 is 1.81 bits per heavy atom. The van der Waals surface area contributed by atoms with Crippen LogP contribution in [0.5, 0.6) is 0 Å². The van der Waals surface area contributed by atoms with E-state index in [9.17, 15) is 4.79 Å². The van der Waals surface area contributed by atoms with E-state index in [4.69, 9.17) is 5.11 Å². The van der Waals surface area contributed by atoms with Gasteiger partial charge in [0.05, 0.1) is 5.92 Å². The van der Waals surface area contributed by atoms with E-state index in [0.717, 1.165) is 19.5 Å².